The first-order valence-corrected chi connectivity index (χ1v) is 7.10. The Hall–Kier alpha value is -0.580. The molecule has 0 saturated carbocycles. The van der Waals surface area contributed by atoms with E-state index in [9.17, 15) is 0 Å². The minimum Gasteiger partial charge on any atom is -0.496 e. The monoisotopic (exact) mass is 315 g/mol. The van der Waals surface area contributed by atoms with Gasteiger partial charge >= 0.3 is 0 Å². The largest absolute Gasteiger partial charge is 0.496 e. The Morgan fingerprint density at radius 1 is 1.44 bits per heavy atom. The van der Waals surface area contributed by atoms with Crippen LogP contribution < -0.4 is 10.1 Å². The number of methoxy groups -OCH3 is 1. The number of hydrogen-bond acceptors (Lipinski definition) is 3. The van der Waals surface area contributed by atoms with Gasteiger partial charge in [-0.1, -0.05) is 13.0 Å². The Bertz CT molecular complexity index is 358. The van der Waals surface area contributed by atoms with Gasteiger partial charge in [-0.25, -0.2) is 0 Å². The molecule has 0 saturated heterocycles. The summed E-state index contributed by atoms with van der Waals surface area (Å²) in [5, 5.41) is 12.3. The second-order valence-electron chi connectivity index (χ2n) is 4.58. The third kappa shape index (κ3) is 5.38. The van der Waals surface area contributed by atoms with Crippen LogP contribution in [0.15, 0.2) is 22.7 Å². The molecular formula is C14H22BrNO2. The van der Waals surface area contributed by atoms with Gasteiger partial charge in [0.25, 0.3) is 0 Å². The van der Waals surface area contributed by atoms with Crippen molar-refractivity contribution in [2.24, 2.45) is 5.92 Å². The zero-order valence-corrected chi connectivity index (χ0v) is 12.7. The van der Waals surface area contributed by atoms with Crippen LogP contribution in [0.4, 0.5) is 0 Å². The summed E-state index contributed by atoms with van der Waals surface area (Å²) in [6.07, 6.45) is 2.16. The molecule has 2 N–H and O–H groups in total. The molecule has 18 heavy (non-hydrogen) atoms. The number of halogens is 1. The summed E-state index contributed by atoms with van der Waals surface area (Å²) < 4.78 is 6.18. The van der Waals surface area contributed by atoms with Crippen molar-refractivity contribution in [2.45, 2.75) is 26.3 Å². The molecule has 0 aromatic heterocycles. The molecule has 0 aliphatic rings. The average Bonchev–Trinajstić information content (AvgIpc) is 2.38. The lowest BCUT2D eigenvalue weighted by Crippen LogP contribution is -2.16. The summed E-state index contributed by atoms with van der Waals surface area (Å²) >= 11 is 3.48. The first-order valence-electron chi connectivity index (χ1n) is 6.31. The van der Waals surface area contributed by atoms with E-state index in [-0.39, 0.29) is 6.61 Å². The maximum absolute atomic E-state index is 8.91. The average molecular weight is 316 g/mol. The molecule has 4 heteroatoms. The minimum absolute atomic E-state index is 0.283. The fraction of sp³-hybridized carbons (Fsp3) is 0.571. The summed E-state index contributed by atoms with van der Waals surface area (Å²) in [5.41, 5.74) is 1.23. The van der Waals surface area contributed by atoms with Gasteiger partial charge in [0.1, 0.15) is 5.75 Å². The second-order valence-corrected chi connectivity index (χ2v) is 5.43. The van der Waals surface area contributed by atoms with Crippen molar-refractivity contribution in [1.29, 1.82) is 0 Å². The molecule has 0 fully saturated rings. The van der Waals surface area contributed by atoms with Crippen molar-refractivity contribution in [3.05, 3.63) is 28.2 Å². The van der Waals surface area contributed by atoms with E-state index in [1.165, 1.54) is 5.56 Å². The van der Waals surface area contributed by atoms with E-state index in [1.807, 2.05) is 6.07 Å². The predicted octanol–water partition coefficient (Wildman–Crippen LogP) is 2.96. The Morgan fingerprint density at radius 3 is 2.83 bits per heavy atom. The molecular weight excluding hydrogens is 294 g/mol. The Kier molecular flexibility index (Phi) is 7.32. The van der Waals surface area contributed by atoms with Crippen LogP contribution >= 0.6 is 15.9 Å². The third-order valence-electron chi connectivity index (χ3n) is 2.91. The Labute approximate surface area is 118 Å². The van der Waals surface area contributed by atoms with E-state index in [0.717, 1.165) is 36.2 Å². The Morgan fingerprint density at radius 2 is 2.22 bits per heavy atom. The molecule has 1 unspecified atom stereocenters. The lowest BCUT2D eigenvalue weighted by atomic mass is 10.1. The van der Waals surface area contributed by atoms with Crippen LogP contribution in [0.25, 0.3) is 0 Å². The number of aliphatic hydroxyl groups excluding tert-OH is 1. The molecule has 0 aliphatic carbocycles. The van der Waals surface area contributed by atoms with E-state index >= 15 is 0 Å². The van der Waals surface area contributed by atoms with Crippen molar-refractivity contribution in [3.63, 3.8) is 0 Å². The van der Waals surface area contributed by atoms with Gasteiger partial charge in [-0.05, 0) is 58.9 Å². The lowest BCUT2D eigenvalue weighted by Gasteiger charge is -2.09. The van der Waals surface area contributed by atoms with Crippen molar-refractivity contribution in [1.82, 2.24) is 5.32 Å². The predicted molar refractivity (Wildman–Crippen MR) is 77.9 cm³/mol. The van der Waals surface area contributed by atoms with Gasteiger partial charge in [-0.15, -0.1) is 0 Å². The first-order chi connectivity index (χ1) is 8.67. The topological polar surface area (TPSA) is 41.5 Å². The van der Waals surface area contributed by atoms with Gasteiger partial charge in [-0.3, -0.25) is 0 Å². The van der Waals surface area contributed by atoms with Crippen molar-refractivity contribution >= 4 is 15.9 Å². The van der Waals surface area contributed by atoms with E-state index in [0.29, 0.717) is 5.92 Å². The molecule has 1 rings (SSSR count). The molecule has 0 spiro atoms. The molecule has 3 nitrogen and oxygen atoms in total. The van der Waals surface area contributed by atoms with Gasteiger partial charge in [0.05, 0.1) is 11.6 Å². The van der Waals surface area contributed by atoms with E-state index in [1.54, 1.807) is 7.11 Å². The molecule has 1 atom stereocenters. The number of rotatable bonds is 8. The van der Waals surface area contributed by atoms with E-state index < -0.39 is 0 Å². The van der Waals surface area contributed by atoms with Crippen molar-refractivity contribution in [2.75, 3.05) is 20.3 Å². The SMILES string of the molecule is COc1ccc(CNCCCC(C)CO)cc1Br. The normalized spacial score (nSPS) is 12.4. The fourth-order valence-corrected chi connectivity index (χ4v) is 2.31. The quantitative estimate of drug-likeness (QED) is 0.725. The second kappa shape index (κ2) is 8.51. The lowest BCUT2D eigenvalue weighted by molar-refractivity contribution is 0.228. The van der Waals surface area contributed by atoms with Gasteiger partial charge in [-0.2, -0.15) is 0 Å². The highest BCUT2D eigenvalue weighted by atomic mass is 79.9. The van der Waals surface area contributed by atoms with Gasteiger partial charge in [0.2, 0.25) is 0 Å². The summed E-state index contributed by atoms with van der Waals surface area (Å²) in [7, 11) is 1.67. The van der Waals surface area contributed by atoms with Crippen LogP contribution in [0.2, 0.25) is 0 Å². The molecule has 0 bridgehead atoms. The highest BCUT2D eigenvalue weighted by Crippen LogP contribution is 2.25. The zero-order valence-electron chi connectivity index (χ0n) is 11.1. The van der Waals surface area contributed by atoms with E-state index in [4.69, 9.17) is 9.84 Å². The zero-order chi connectivity index (χ0) is 13.4. The number of aliphatic hydroxyl groups is 1. The summed E-state index contributed by atoms with van der Waals surface area (Å²) in [6, 6.07) is 6.10. The number of ether oxygens (including phenoxy) is 1. The van der Waals surface area contributed by atoms with Crippen LogP contribution in [-0.2, 0) is 6.54 Å². The molecule has 102 valence electrons. The van der Waals surface area contributed by atoms with Crippen molar-refractivity contribution in [3.8, 4) is 5.75 Å². The smallest absolute Gasteiger partial charge is 0.133 e. The molecule has 0 amide bonds. The van der Waals surface area contributed by atoms with Gasteiger partial charge < -0.3 is 15.2 Å². The molecule has 1 aromatic carbocycles. The third-order valence-corrected chi connectivity index (χ3v) is 3.53. The van der Waals surface area contributed by atoms with Crippen molar-refractivity contribution < 1.29 is 9.84 Å². The number of nitrogens with one attached hydrogen (secondary N) is 1. The fourth-order valence-electron chi connectivity index (χ4n) is 1.72. The maximum atomic E-state index is 8.91. The summed E-state index contributed by atoms with van der Waals surface area (Å²) in [5.74, 6) is 1.26. The Balaban J connectivity index is 2.25. The van der Waals surface area contributed by atoms with Gasteiger partial charge in [0, 0.05) is 13.2 Å². The van der Waals surface area contributed by atoms with Gasteiger partial charge in [0.15, 0.2) is 0 Å². The van der Waals surface area contributed by atoms with Crippen LogP contribution in [-0.4, -0.2) is 25.4 Å². The summed E-state index contributed by atoms with van der Waals surface area (Å²) in [4.78, 5) is 0. The number of hydrogen-bond donors (Lipinski definition) is 2. The highest BCUT2D eigenvalue weighted by Gasteiger charge is 2.02. The van der Waals surface area contributed by atoms with Crippen LogP contribution in [0.1, 0.15) is 25.3 Å². The van der Waals surface area contributed by atoms with Crippen LogP contribution in [0.3, 0.4) is 0 Å². The van der Waals surface area contributed by atoms with Crippen LogP contribution in [0, 0.1) is 5.92 Å². The molecule has 0 heterocycles. The first kappa shape index (κ1) is 15.5. The molecule has 0 aliphatic heterocycles. The van der Waals surface area contributed by atoms with E-state index in [2.05, 4.69) is 40.3 Å². The van der Waals surface area contributed by atoms with Crippen LogP contribution in [0.5, 0.6) is 5.75 Å². The maximum Gasteiger partial charge on any atom is 0.133 e. The molecule has 1 aromatic rings. The molecule has 0 radical (unpaired) electrons. The summed E-state index contributed by atoms with van der Waals surface area (Å²) in [6.45, 7) is 4.19. The highest BCUT2D eigenvalue weighted by molar-refractivity contribution is 9.10. The standard InChI is InChI=1S/C14H22BrNO2/c1-11(10-17)4-3-7-16-9-12-5-6-14(18-2)13(15)8-12/h5-6,8,11,16-17H,3-4,7,9-10H2,1-2H3. The number of benzene rings is 1. The minimum atomic E-state index is 0.283.